The number of hydrogen-bond donors (Lipinski definition) is 0. The lowest BCUT2D eigenvalue weighted by Crippen LogP contribution is -2.10. The summed E-state index contributed by atoms with van der Waals surface area (Å²) in [5, 5.41) is 5.08. The van der Waals surface area contributed by atoms with E-state index in [0.29, 0.717) is 0 Å². The third-order valence-electron chi connectivity index (χ3n) is 10.5. The van der Waals surface area contributed by atoms with Crippen LogP contribution in [0.5, 0.6) is 0 Å². The van der Waals surface area contributed by atoms with Crippen LogP contribution in [0.4, 0.5) is 17.1 Å². The van der Waals surface area contributed by atoms with Crippen LogP contribution in [-0.4, -0.2) is 0 Å². The van der Waals surface area contributed by atoms with Gasteiger partial charge in [-0.05, 0) is 97.7 Å². The van der Waals surface area contributed by atoms with Crippen molar-refractivity contribution in [3.8, 4) is 44.5 Å². The molecule has 2 heteroatoms. The van der Waals surface area contributed by atoms with E-state index in [-0.39, 0.29) is 0 Å². The minimum atomic E-state index is 1.11. The molecule has 0 fully saturated rings. The van der Waals surface area contributed by atoms with Gasteiger partial charge in [0.25, 0.3) is 0 Å². The number of thiophene rings is 1. The fourth-order valence-electron chi connectivity index (χ4n) is 7.85. The van der Waals surface area contributed by atoms with Crippen LogP contribution in [0.15, 0.2) is 212 Å². The smallest absolute Gasteiger partial charge is 0.0640 e. The van der Waals surface area contributed by atoms with Gasteiger partial charge in [-0.2, -0.15) is 0 Å². The van der Waals surface area contributed by atoms with Crippen LogP contribution in [-0.2, 0) is 0 Å². The number of nitrogens with zero attached hydrogens (tertiary/aromatic N) is 1. The molecule has 0 radical (unpaired) electrons. The molecule has 0 saturated heterocycles. The fourth-order valence-corrected chi connectivity index (χ4v) is 9.08. The molecule has 10 rings (SSSR count). The molecule has 1 heterocycles. The van der Waals surface area contributed by atoms with Gasteiger partial charge in [-0.25, -0.2) is 0 Å². The van der Waals surface area contributed by atoms with Crippen molar-refractivity contribution in [2.24, 2.45) is 0 Å². The van der Waals surface area contributed by atoms with E-state index in [1.165, 1.54) is 75.5 Å². The summed E-state index contributed by atoms with van der Waals surface area (Å²) in [6.45, 7) is 0. The van der Waals surface area contributed by atoms with Crippen LogP contribution in [0.1, 0.15) is 0 Å². The maximum absolute atomic E-state index is 2.46. The summed E-state index contributed by atoms with van der Waals surface area (Å²) >= 11 is 1.87. The van der Waals surface area contributed by atoms with Crippen LogP contribution in [0, 0.1) is 0 Å². The molecule has 0 aliphatic carbocycles. The standard InChI is InChI=1S/C52H35NS/c1-4-15-38(16-5-1)45-31-30-44(35-48(45)40-19-8-3-9-20-40)53(43-28-26-37(27-29-43)42-25-24-36-14-10-11-21-41(36)34-42)49-33-32-46(39-17-6-2-7-18-39)51-47-22-12-13-23-50(47)54-52(49)51/h1-35H. The highest BCUT2D eigenvalue weighted by molar-refractivity contribution is 7.26. The maximum Gasteiger partial charge on any atom is 0.0640 e. The molecule has 0 amide bonds. The summed E-state index contributed by atoms with van der Waals surface area (Å²) < 4.78 is 2.55. The number of anilines is 3. The Morgan fingerprint density at radius 2 is 0.889 bits per heavy atom. The van der Waals surface area contributed by atoms with E-state index in [2.05, 4.69) is 217 Å². The Kier molecular flexibility index (Phi) is 8.09. The highest BCUT2D eigenvalue weighted by atomic mass is 32.1. The van der Waals surface area contributed by atoms with Crippen molar-refractivity contribution in [2.45, 2.75) is 0 Å². The quantitative estimate of drug-likeness (QED) is 0.160. The van der Waals surface area contributed by atoms with Gasteiger partial charge in [0.1, 0.15) is 0 Å². The van der Waals surface area contributed by atoms with Crippen LogP contribution >= 0.6 is 11.3 Å². The Morgan fingerprint density at radius 3 is 1.61 bits per heavy atom. The second-order valence-electron chi connectivity index (χ2n) is 13.7. The summed E-state index contributed by atoms with van der Waals surface area (Å²) in [5.74, 6) is 0. The van der Waals surface area contributed by atoms with Gasteiger partial charge in [0.15, 0.2) is 0 Å². The molecular weight excluding hydrogens is 671 g/mol. The predicted octanol–water partition coefficient (Wildman–Crippen LogP) is 15.3. The zero-order valence-electron chi connectivity index (χ0n) is 29.6. The molecule has 1 aromatic heterocycles. The lowest BCUT2D eigenvalue weighted by molar-refractivity contribution is 1.30. The Morgan fingerprint density at radius 1 is 0.333 bits per heavy atom. The minimum absolute atomic E-state index is 1.11. The summed E-state index contributed by atoms with van der Waals surface area (Å²) in [6.07, 6.45) is 0. The molecule has 10 aromatic rings. The lowest BCUT2D eigenvalue weighted by Gasteiger charge is -2.28. The van der Waals surface area contributed by atoms with Crippen molar-refractivity contribution >= 4 is 59.3 Å². The largest absolute Gasteiger partial charge is 0.309 e. The zero-order valence-corrected chi connectivity index (χ0v) is 30.4. The average molecular weight is 706 g/mol. The SMILES string of the molecule is c1ccc(-c2ccc(N(c3ccc(-c4ccc5ccccc5c4)cc3)c3ccc(-c4ccccc4)c4c3sc3ccccc34)cc2-c2ccccc2)cc1. The van der Waals surface area contributed by atoms with Crippen LogP contribution in [0.3, 0.4) is 0 Å². The highest BCUT2D eigenvalue weighted by Gasteiger charge is 2.22. The monoisotopic (exact) mass is 705 g/mol. The van der Waals surface area contributed by atoms with Gasteiger partial charge in [-0.3, -0.25) is 0 Å². The first-order chi connectivity index (χ1) is 26.8. The summed E-state index contributed by atoms with van der Waals surface area (Å²) in [4.78, 5) is 2.46. The normalized spacial score (nSPS) is 11.3. The molecule has 0 spiro atoms. The van der Waals surface area contributed by atoms with Crippen molar-refractivity contribution in [3.05, 3.63) is 212 Å². The van der Waals surface area contributed by atoms with E-state index < -0.39 is 0 Å². The predicted molar refractivity (Wildman–Crippen MR) is 233 cm³/mol. The Balaban J connectivity index is 1.21. The molecule has 254 valence electrons. The van der Waals surface area contributed by atoms with Gasteiger partial charge in [0.05, 0.1) is 10.4 Å². The number of rotatable bonds is 7. The number of benzene rings is 9. The van der Waals surface area contributed by atoms with E-state index in [1.807, 2.05) is 11.3 Å². The first kappa shape index (κ1) is 32.0. The van der Waals surface area contributed by atoms with E-state index in [9.17, 15) is 0 Å². The van der Waals surface area contributed by atoms with Crippen molar-refractivity contribution in [2.75, 3.05) is 4.90 Å². The molecule has 0 aliphatic rings. The molecule has 0 aliphatic heterocycles. The number of hydrogen-bond acceptors (Lipinski definition) is 2. The molecule has 54 heavy (non-hydrogen) atoms. The van der Waals surface area contributed by atoms with E-state index >= 15 is 0 Å². The summed E-state index contributed by atoms with van der Waals surface area (Å²) in [5.41, 5.74) is 13.1. The second-order valence-corrected chi connectivity index (χ2v) is 14.8. The average Bonchev–Trinajstić information content (AvgIpc) is 3.65. The molecule has 1 nitrogen and oxygen atoms in total. The van der Waals surface area contributed by atoms with Crippen molar-refractivity contribution < 1.29 is 0 Å². The van der Waals surface area contributed by atoms with Crippen molar-refractivity contribution in [1.29, 1.82) is 0 Å². The van der Waals surface area contributed by atoms with Crippen LogP contribution < -0.4 is 4.90 Å². The molecule has 0 atom stereocenters. The second kappa shape index (κ2) is 13.7. The Hall–Kier alpha value is -6.74. The fraction of sp³-hybridized carbons (Fsp3) is 0. The van der Waals surface area contributed by atoms with E-state index in [1.54, 1.807) is 0 Å². The zero-order chi connectivity index (χ0) is 35.8. The first-order valence-corrected chi connectivity index (χ1v) is 19.2. The van der Waals surface area contributed by atoms with Gasteiger partial charge in [-0.1, -0.05) is 170 Å². The van der Waals surface area contributed by atoms with Gasteiger partial charge in [0, 0.05) is 26.8 Å². The Labute approximate surface area is 319 Å². The minimum Gasteiger partial charge on any atom is -0.309 e. The van der Waals surface area contributed by atoms with E-state index in [4.69, 9.17) is 0 Å². The van der Waals surface area contributed by atoms with Crippen molar-refractivity contribution in [3.63, 3.8) is 0 Å². The molecule has 0 bridgehead atoms. The van der Waals surface area contributed by atoms with Gasteiger partial charge < -0.3 is 4.90 Å². The van der Waals surface area contributed by atoms with Crippen molar-refractivity contribution in [1.82, 2.24) is 0 Å². The van der Waals surface area contributed by atoms with E-state index in [0.717, 1.165) is 17.1 Å². The van der Waals surface area contributed by atoms with Gasteiger partial charge in [0.2, 0.25) is 0 Å². The third-order valence-corrected chi connectivity index (χ3v) is 11.7. The molecule has 9 aromatic carbocycles. The lowest BCUT2D eigenvalue weighted by atomic mass is 9.93. The molecule has 0 saturated carbocycles. The van der Waals surface area contributed by atoms with Crippen LogP contribution in [0.2, 0.25) is 0 Å². The highest BCUT2D eigenvalue weighted by Crippen LogP contribution is 2.49. The van der Waals surface area contributed by atoms with Gasteiger partial charge >= 0.3 is 0 Å². The third kappa shape index (κ3) is 5.74. The maximum atomic E-state index is 2.46. The molecule has 0 N–H and O–H groups in total. The number of fused-ring (bicyclic) bond motifs is 4. The first-order valence-electron chi connectivity index (χ1n) is 18.4. The summed E-state index contributed by atoms with van der Waals surface area (Å²) in [6, 6.07) is 77.1. The molecular formula is C52H35NS. The topological polar surface area (TPSA) is 3.24 Å². The van der Waals surface area contributed by atoms with Gasteiger partial charge in [-0.15, -0.1) is 11.3 Å². The Bertz CT molecular complexity index is 2910. The summed E-state index contributed by atoms with van der Waals surface area (Å²) in [7, 11) is 0. The van der Waals surface area contributed by atoms with Crippen LogP contribution in [0.25, 0.3) is 75.5 Å². The molecule has 0 unspecified atom stereocenters.